The van der Waals surface area contributed by atoms with Crippen LogP contribution < -0.4 is 0 Å². The van der Waals surface area contributed by atoms with E-state index >= 15 is 0 Å². The quantitative estimate of drug-likeness (QED) is 0.156. The van der Waals surface area contributed by atoms with Crippen LogP contribution in [0, 0.1) is 83.1 Å². The van der Waals surface area contributed by atoms with Crippen molar-refractivity contribution >= 4 is 0 Å². The van der Waals surface area contributed by atoms with E-state index in [1.54, 1.807) is 0 Å². The first kappa shape index (κ1) is 91.0. The average Bonchev–Trinajstić information content (AvgIpc) is 3.38. The Morgan fingerprint density at radius 1 is 0.153 bits per heavy atom. The Balaban J connectivity index is -0.000000170. The molecular weight excluding hydrogens is 1020 g/mol. The predicted molar refractivity (Wildman–Crippen MR) is 399 cm³/mol. The van der Waals surface area contributed by atoms with Gasteiger partial charge in [-0.2, -0.15) is 0 Å². The molecule has 0 saturated heterocycles. The van der Waals surface area contributed by atoms with Gasteiger partial charge in [-0.15, -0.1) is 0 Å². The van der Waals surface area contributed by atoms with Gasteiger partial charge < -0.3 is 0 Å². The molecule has 464 valence electrons. The minimum atomic E-state index is 0. The van der Waals surface area contributed by atoms with Crippen LogP contribution in [0.4, 0.5) is 0 Å². The van der Waals surface area contributed by atoms with E-state index in [1.807, 2.05) is 0 Å². The van der Waals surface area contributed by atoms with E-state index in [2.05, 4.69) is 326 Å². The molecule has 0 aliphatic rings. The molecule has 0 bridgehead atoms. The van der Waals surface area contributed by atoms with Gasteiger partial charge in [-0.25, -0.2) is 0 Å². The maximum atomic E-state index is 2.25. The van der Waals surface area contributed by atoms with Gasteiger partial charge in [0, 0.05) is 0 Å². The van der Waals surface area contributed by atoms with Gasteiger partial charge in [0.1, 0.15) is 0 Å². The van der Waals surface area contributed by atoms with E-state index in [4.69, 9.17) is 0 Å². The molecule has 10 rings (SSSR count). The molecule has 10 aromatic rings. The highest BCUT2D eigenvalue weighted by Crippen LogP contribution is 2.22. The monoisotopic (exact) mass is 1140 g/mol. The lowest BCUT2D eigenvalue weighted by molar-refractivity contribution is 1.17. The van der Waals surface area contributed by atoms with E-state index < -0.39 is 0 Å². The van der Waals surface area contributed by atoms with Gasteiger partial charge in [0.15, 0.2) is 0 Å². The topological polar surface area (TPSA) is 0 Å². The molecule has 0 saturated carbocycles. The molecule has 0 aliphatic carbocycles. The minimum Gasteiger partial charge on any atom is -0.0776 e. The zero-order valence-electron chi connectivity index (χ0n) is 46.5. The number of hydrogen-bond donors (Lipinski definition) is 0. The Labute approximate surface area is 528 Å². The summed E-state index contributed by atoms with van der Waals surface area (Å²) < 4.78 is 0. The molecule has 0 atom stereocenters. The lowest BCUT2D eigenvalue weighted by Gasteiger charge is -2.03. The van der Waals surface area contributed by atoms with Crippen LogP contribution in [0.5, 0.6) is 0 Å². The standard InChI is InChI=1S/2C15H16.2C14H14.2C8H10.11CH4/c1-12-3-7-14(8-4-12)11-15-9-5-13(2)6-10-15;1-12-5-3-7-14(9-12)11-15-8-4-6-13(2)10-15;1-11-3-7-13(8-4-11)14-9-5-12(2)6-10-14;1-11-5-3-7-13(9-11)14-8-4-6-12(2)10-14;1-7-3-5-8(2)6-4-7;1-7-4-3-5-8(2)6-7;;;;;;;;;;;/h2*3-10H,11H2,1-2H3;2*3-10H,1-2H3;2*3-6H,1-2H3;11*1H4. The molecular formula is C85H124. The summed E-state index contributed by atoms with van der Waals surface area (Å²) in [5.41, 5.74) is 26.6. The molecule has 0 fully saturated rings. The van der Waals surface area contributed by atoms with Crippen LogP contribution in [-0.4, -0.2) is 0 Å². The number of hydrogen-bond acceptors (Lipinski definition) is 0. The fourth-order valence-electron chi connectivity index (χ4n) is 8.11. The Hall–Kier alpha value is -7.80. The molecule has 0 aliphatic heterocycles. The summed E-state index contributed by atoms with van der Waals surface area (Å²) in [4.78, 5) is 0. The fourth-order valence-corrected chi connectivity index (χ4v) is 8.11. The van der Waals surface area contributed by atoms with Gasteiger partial charge in [-0.3, -0.25) is 0 Å². The molecule has 10 aromatic carbocycles. The molecule has 0 radical (unpaired) electrons. The van der Waals surface area contributed by atoms with Gasteiger partial charge in [-0.1, -0.05) is 391 Å². The zero-order chi connectivity index (χ0) is 53.2. The number of rotatable bonds is 6. The van der Waals surface area contributed by atoms with Crippen LogP contribution in [0.25, 0.3) is 22.3 Å². The Bertz CT molecular complexity index is 2950. The summed E-state index contributed by atoms with van der Waals surface area (Å²) in [6.45, 7) is 25.4. The SMILES string of the molecule is C.C.C.C.C.C.C.C.C.C.C.Cc1ccc(-c2ccc(C)cc2)cc1.Cc1ccc(C)cc1.Cc1ccc(Cc2ccc(C)cc2)cc1.Cc1cccc(-c2cccc(C)c2)c1.Cc1cccc(C)c1.Cc1cccc(Cc2cccc(C)c2)c1. The highest BCUT2D eigenvalue weighted by molar-refractivity contribution is 5.65. The maximum absolute atomic E-state index is 2.25. The largest absolute Gasteiger partial charge is 0.0776 e. The van der Waals surface area contributed by atoms with Crippen molar-refractivity contribution in [2.75, 3.05) is 0 Å². The second-order valence-electron chi connectivity index (χ2n) is 20.1. The van der Waals surface area contributed by atoms with Crippen molar-refractivity contribution in [3.8, 4) is 22.3 Å². The third-order valence-electron chi connectivity index (χ3n) is 12.4. The van der Waals surface area contributed by atoms with Gasteiger partial charge in [-0.05, 0) is 140 Å². The summed E-state index contributed by atoms with van der Waals surface area (Å²) in [6.07, 6.45) is 2.06. The van der Waals surface area contributed by atoms with Crippen molar-refractivity contribution < 1.29 is 0 Å². The van der Waals surface area contributed by atoms with Gasteiger partial charge in [0.2, 0.25) is 0 Å². The molecule has 0 heterocycles. The van der Waals surface area contributed by atoms with E-state index in [9.17, 15) is 0 Å². The molecule has 0 spiro atoms. The molecule has 0 N–H and O–H groups in total. The molecule has 0 amide bonds. The van der Waals surface area contributed by atoms with Crippen molar-refractivity contribution in [2.24, 2.45) is 0 Å². The van der Waals surface area contributed by atoms with Crippen molar-refractivity contribution in [3.63, 3.8) is 0 Å². The normalized spacial score (nSPS) is 8.71. The lowest BCUT2D eigenvalue weighted by atomic mass is 10.0. The van der Waals surface area contributed by atoms with Crippen LogP contribution in [0.3, 0.4) is 0 Å². The lowest BCUT2D eigenvalue weighted by Crippen LogP contribution is -1.89. The van der Waals surface area contributed by atoms with Crippen molar-refractivity contribution in [2.45, 2.75) is 178 Å². The summed E-state index contributed by atoms with van der Waals surface area (Å²) in [6, 6.07) is 86.3. The average molecular weight is 1150 g/mol. The zero-order valence-corrected chi connectivity index (χ0v) is 46.5. The summed E-state index contributed by atoms with van der Waals surface area (Å²) >= 11 is 0. The summed E-state index contributed by atoms with van der Waals surface area (Å²) in [7, 11) is 0. The number of aryl methyl sites for hydroxylation is 12. The molecule has 0 aromatic heterocycles. The van der Waals surface area contributed by atoms with E-state index in [-0.39, 0.29) is 81.7 Å². The fraction of sp³-hybridized carbons (Fsp3) is 0.294. The van der Waals surface area contributed by atoms with Crippen molar-refractivity contribution in [1.82, 2.24) is 0 Å². The summed E-state index contributed by atoms with van der Waals surface area (Å²) in [5, 5.41) is 0. The summed E-state index contributed by atoms with van der Waals surface area (Å²) in [5.74, 6) is 0. The van der Waals surface area contributed by atoms with E-state index in [0.29, 0.717) is 0 Å². The second-order valence-corrected chi connectivity index (χ2v) is 20.1. The van der Waals surface area contributed by atoms with Crippen LogP contribution >= 0.6 is 0 Å². The second kappa shape index (κ2) is 48.6. The van der Waals surface area contributed by atoms with E-state index in [1.165, 1.54) is 111 Å². The third-order valence-corrected chi connectivity index (χ3v) is 12.4. The minimum absolute atomic E-state index is 0. The van der Waals surface area contributed by atoms with Crippen LogP contribution in [-0.2, 0) is 12.8 Å². The first-order valence-electron chi connectivity index (χ1n) is 26.1. The van der Waals surface area contributed by atoms with Gasteiger partial charge >= 0.3 is 0 Å². The van der Waals surface area contributed by atoms with Gasteiger partial charge in [0.05, 0.1) is 0 Å². The Morgan fingerprint density at radius 2 is 0.353 bits per heavy atom. The predicted octanol–water partition coefficient (Wildman–Crippen LogP) is 27.3. The smallest absolute Gasteiger partial charge is 0.00256 e. The molecule has 0 heteroatoms. The van der Waals surface area contributed by atoms with Crippen molar-refractivity contribution in [1.29, 1.82) is 0 Å². The number of benzene rings is 10. The molecule has 0 unspecified atom stereocenters. The van der Waals surface area contributed by atoms with Gasteiger partial charge in [0.25, 0.3) is 0 Å². The van der Waals surface area contributed by atoms with Crippen LogP contribution in [0.15, 0.2) is 243 Å². The van der Waals surface area contributed by atoms with Crippen LogP contribution in [0.1, 0.15) is 171 Å². The molecule has 85 heavy (non-hydrogen) atoms. The van der Waals surface area contributed by atoms with Crippen molar-refractivity contribution in [3.05, 3.63) is 332 Å². The Morgan fingerprint density at radius 3 is 0.588 bits per heavy atom. The first-order chi connectivity index (χ1) is 35.6. The molecule has 0 nitrogen and oxygen atoms in total. The Kier molecular flexibility index (Phi) is 52.0. The highest BCUT2D eigenvalue weighted by Gasteiger charge is 2.00. The third kappa shape index (κ3) is 35.8. The van der Waals surface area contributed by atoms with E-state index in [0.717, 1.165) is 12.8 Å². The maximum Gasteiger partial charge on any atom is -0.00256 e. The first-order valence-corrected chi connectivity index (χ1v) is 26.1. The highest BCUT2D eigenvalue weighted by atomic mass is 14.1. The van der Waals surface area contributed by atoms with Crippen LogP contribution in [0.2, 0.25) is 0 Å².